The Bertz CT molecular complexity index is 220. The zero-order valence-electron chi connectivity index (χ0n) is 6.31. The fourth-order valence-corrected chi connectivity index (χ4v) is 0.813. The summed E-state index contributed by atoms with van der Waals surface area (Å²) in [5.74, 6) is -0.330. The summed E-state index contributed by atoms with van der Waals surface area (Å²) < 4.78 is 0. The van der Waals surface area contributed by atoms with Crippen molar-refractivity contribution < 1.29 is 9.59 Å². The molecule has 60 valence electrons. The van der Waals surface area contributed by atoms with Gasteiger partial charge in [-0.25, -0.2) is 4.79 Å². The number of carbonyl (C=O) groups is 2. The second kappa shape index (κ2) is 3.18. The monoisotopic (exact) mass is 154 g/mol. The van der Waals surface area contributed by atoms with Crippen molar-refractivity contribution >= 4 is 11.9 Å². The number of amides is 3. The Morgan fingerprint density at radius 3 is 2.55 bits per heavy atom. The van der Waals surface area contributed by atoms with Crippen LogP contribution in [0.3, 0.4) is 0 Å². The van der Waals surface area contributed by atoms with Crippen molar-refractivity contribution in [2.75, 3.05) is 0 Å². The van der Waals surface area contributed by atoms with E-state index in [0.29, 0.717) is 5.70 Å². The highest BCUT2D eigenvalue weighted by molar-refractivity contribution is 6.11. The normalized spacial score (nSPS) is 20.3. The molecule has 1 fully saturated rings. The van der Waals surface area contributed by atoms with Crippen molar-refractivity contribution in [3.05, 3.63) is 11.8 Å². The van der Waals surface area contributed by atoms with Crippen LogP contribution in [0.5, 0.6) is 0 Å². The summed E-state index contributed by atoms with van der Waals surface area (Å²) in [6, 6.07) is -0.433. The van der Waals surface area contributed by atoms with Crippen molar-refractivity contribution in [2.45, 2.75) is 19.8 Å². The van der Waals surface area contributed by atoms with Gasteiger partial charge in [0.1, 0.15) is 5.70 Å². The quantitative estimate of drug-likeness (QED) is 0.449. The molecule has 0 spiro atoms. The predicted octanol–water partition coefficient (Wildman–Crippen LogP) is 0.510. The first-order chi connectivity index (χ1) is 5.24. The maximum atomic E-state index is 10.8. The van der Waals surface area contributed by atoms with Gasteiger partial charge < -0.3 is 5.32 Å². The van der Waals surface area contributed by atoms with Gasteiger partial charge in [-0.15, -0.1) is 0 Å². The maximum Gasteiger partial charge on any atom is 0.326 e. The summed E-state index contributed by atoms with van der Waals surface area (Å²) in [6.07, 6.45) is 3.50. The Hall–Kier alpha value is -1.32. The van der Waals surface area contributed by atoms with E-state index in [2.05, 4.69) is 10.6 Å². The summed E-state index contributed by atoms with van der Waals surface area (Å²) in [5, 5.41) is 4.52. The Morgan fingerprint density at radius 1 is 1.36 bits per heavy atom. The van der Waals surface area contributed by atoms with Crippen LogP contribution >= 0.6 is 0 Å². The lowest BCUT2D eigenvalue weighted by molar-refractivity contribution is -0.115. The van der Waals surface area contributed by atoms with E-state index in [1.165, 1.54) is 0 Å². The van der Waals surface area contributed by atoms with Gasteiger partial charge in [0.05, 0.1) is 0 Å². The fourth-order valence-electron chi connectivity index (χ4n) is 0.813. The minimum absolute atomic E-state index is 0.330. The van der Waals surface area contributed by atoms with Gasteiger partial charge in [0.25, 0.3) is 5.91 Å². The number of urea groups is 1. The van der Waals surface area contributed by atoms with Crippen LogP contribution in [-0.4, -0.2) is 11.9 Å². The van der Waals surface area contributed by atoms with Gasteiger partial charge in [-0.1, -0.05) is 19.4 Å². The first-order valence-corrected chi connectivity index (χ1v) is 3.56. The maximum absolute atomic E-state index is 10.8. The molecular weight excluding hydrogens is 144 g/mol. The molecule has 11 heavy (non-hydrogen) atoms. The zero-order valence-corrected chi connectivity index (χ0v) is 6.31. The van der Waals surface area contributed by atoms with E-state index >= 15 is 0 Å². The summed E-state index contributed by atoms with van der Waals surface area (Å²) in [4.78, 5) is 21.4. The van der Waals surface area contributed by atoms with Crippen LogP contribution in [-0.2, 0) is 4.79 Å². The molecule has 0 aromatic heterocycles. The number of hydrogen-bond acceptors (Lipinski definition) is 2. The van der Waals surface area contributed by atoms with E-state index in [0.717, 1.165) is 12.8 Å². The smallest absolute Gasteiger partial charge is 0.303 e. The Labute approximate surface area is 64.7 Å². The van der Waals surface area contributed by atoms with Gasteiger partial charge in [0, 0.05) is 0 Å². The second-order valence-electron chi connectivity index (χ2n) is 2.31. The van der Waals surface area contributed by atoms with Gasteiger partial charge in [-0.05, 0) is 6.42 Å². The molecule has 4 heteroatoms. The Morgan fingerprint density at radius 2 is 2.09 bits per heavy atom. The first kappa shape index (κ1) is 7.78. The number of rotatable bonds is 2. The average Bonchev–Trinajstić information content (AvgIpc) is 2.26. The molecule has 4 nitrogen and oxygen atoms in total. The van der Waals surface area contributed by atoms with Crippen LogP contribution in [0.1, 0.15) is 19.8 Å². The van der Waals surface area contributed by atoms with Gasteiger partial charge in [-0.3, -0.25) is 10.1 Å². The second-order valence-corrected chi connectivity index (χ2v) is 2.31. The van der Waals surface area contributed by atoms with Crippen LogP contribution in [0.25, 0.3) is 0 Å². The van der Waals surface area contributed by atoms with Gasteiger partial charge in [0.2, 0.25) is 0 Å². The number of carbonyl (C=O) groups excluding carboxylic acids is 2. The van der Waals surface area contributed by atoms with Crippen molar-refractivity contribution in [2.24, 2.45) is 0 Å². The van der Waals surface area contributed by atoms with Crippen LogP contribution in [0.4, 0.5) is 4.79 Å². The van der Waals surface area contributed by atoms with Crippen LogP contribution in [0.15, 0.2) is 11.8 Å². The van der Waals surface area contributed by atoms with Crippen molar-refractivity contribution in [3.63, 3.8) is 0 Å². The summed E-state index contributed by atoms with van der Waals surface area (Å²) >= 11 is 0. The number of imide groups is 1. The van der Waals surface area contributed by atoms with Crippen LogP contribution in [0.2, 0.25) is 0 Å². The molecule has 0 aromatic rings. The average molecular weight is 154 g/mol. The van der Waals surface area contributed by atoms with E-state index < -0.39 is 6.03 Å². The summed E-state index contributed by atoms with van der Waals surface area (Å²) in [6.45, 7) is 2.01. The van der Waals surface area contributed by atoms with Gasteiger partial charge >= 0.3 is 6.03 Å². The van der Waals surface area contributed by atoms with E-state index in [-0.39, 0.29) is 5.91 Å². The van der Waals surface area contributed by atoms with Crippen molar-refractivity contribution in [3.8, 4) is 0 Å². The number of allylic oxidation sites excluding steroid dienone is 1. The van der Waals surface area contributed by atoms with E-state index in [9.17, 15) is 9.59 Å². The highest BCUT2D eigenvalue weighted by Crippen LogP contribution is 2.00. The Balaban J connectivity index is 2.59. The summed E-state index contributed by atoms with van der Waals surface area (Å²) in [5.41, 5.74) is 0.372. The molecule has 0 saturated carbocycles. The highest BCUT2D eigenvalue weighted by Gasteiger charge is 2.21. The molecule has 2 N–H and O–H groups in total. The van der Waals surface area contributed by atoms with Crippen molar-refractivity contribution in [1.29, 1.82) is 0 Å². The third-order valence-corrected chi connectivity index (χ3v) is 1.36. The predicted molar refractivity (Wildman–Crippen MR) is 39.7 cm³/mol. The van der Waals surface area contributed by atoms with E-state index in [1.807, 2.05) is 6.92 Å². The Kier molecular flexibility index (Phi) is 2.25. The molecule has 1 heterocycles. The van der Waals surface area contributed by atoms with E-state index in [1.54, 1.807) is 6.08 Å². The molecular formula is C7H10N2O2. The SMILES string of the molecule is CCCC=C1NC(=O)NC1=O. The zero-order chi connectivity index (χ0) is 8.27. The van der Waals surface area contributed by atoms with Gasteiger partial charge in [0.15, 0.2) is 0 Å². The lowest BCUT2D eigenvalue weighted by Gasteiger charge is -1.90. The molecule has 0 aromatic carbocycles. The minimum atomic E-state index is -0.433. The van der Waals surface area contributed by atoms with Crippen LogP contribution < -0.4 is 10.6 Å². The molecule has 1 saturated heterocycles. The molecule has 0 unspecified atom stereocenters. The van der Waals surface area contributed by atoms with Crippen molar-refractivity contribution in [1.82, 2.24) is 10.6 Å². The highest BCUT2D eigenvalue weighted by atomic mass is 16.2. The molecule has 1 aliphatic heterocycles. The third-order valence-electron chi connectivity index (χ3n) is 1.36. The number of unbranched alkanes of at least 4 members (excludes halogenated alkanes) is 1. The lowest BCUT2D eigenvalue weighted by atomic mass is 10.3. The lowest BCUT2D eigenvalue weighted by Crippen LogP contribution is -2.22. The molecule has 0 aliphatic carbocycles. The largest absolute Gasteiger partial charge is 0.326 e. The molecule has 0 atom stereocenters. The molecule has 0 radical (unpaired) electrons. The van der Waals surface area contributed by atoms with Crippen LogP contribution in [0, 0.1) is 0 Å². The summed E-state index contributed by atoms with van der Waals surface area (Å²) in [7, 11) is 0. The number of hydrogen-bond donors (Lipinski definition) is 2. The topological polar surface area (TPSA) is 58.2 Å². The number of nitrogens with one attached hydrogen (secondary N) is 2. The van der Waals surface area contributed by atoms with E-state index in [4.69, 9.17) is 0 Å². The molecule has 0 bridgehead atoms. The standard InChI is InChI=1S/C7H10N2O2/c1-2-3-4-5-6(10)9-7(11)8-5/h4H,2-3H2,1H3,(H2,8,9,10,11). The molecule has 3 amide bonds. The molecule has 1 rings (SSSR count). The third kappa shape index (κ3) is 1.80. The molecule has 1 aliphatic rings. The first-order valence-electron chi connectivity index (χ1n) is 3.56. The fraction of sp³-hybridized carbons (Fsp3) is 0.429. The van der Waals surface area contributed by atoms with Gasteiger partial charge in [-0.2, -0.15) is 0 Å². The minimum Gasteiger partial charge on any atom is -0.303 e.